The molecule has 74 valence electrons. The molecule has 2 N–H and O–H groups in total. The summed E-state index contributed by atoms with van der Waals surface area (Å²) >= 11 is 0. The Balaban J connectivity index is 0.000000184. The molecule has 0 saturated heterocycles. The van der Waals surface area contributed by atoms with E-state index in [9.17, 15) is 0 Å². The van der Waals surface area contributed by atoms with Crippen molar-refractivity contribution in [1.29, 1.82) is 0 Å². The highest BCUT2D eigenvalue weighted by Gasteiger charge is 2.26. The Morgan fingerprint density at radius 1 is 1.31 bits per heavy atom. The molecular weight excluding hydrogens is 168 g/mol. The predicted octanol–water partition coefficient (Wildman–Crippen LogP) is 3.12. The van der Waals surface area contributed by atoms with Crippen molar-refractivity contribution < 1.29 is 15.0 Å². The Hall–Kier alpha value is -0.990. The van der Waals surface area contributed by atoms with Crippen molar-refractivity contribution in [3.8, 4) is 0 Å². The summed E-state index contributed by atoms with van der Waals surface area (Å²) in [5, 5.41) is 13.9. The van der Waals surface area contributed by atoms with Crippen molar-refractivity contribution >= 4 is 6.16 Å². The number of carbonyl (C=O) groups is 1. The second-order valence-corrected chi connectivity index (χ2v) is 3.72. The second kappa shape index (κ2) is 4.30. The summed E-state index contributed by atoms with van der Waals surface area (Å²) in [5.74, 6) is 0.959. The first-order valence-corrected chi connectivity index (χ1v) is 4.74. The maximum atomic E-state index is 8.56. The molecule has 0 amide bonds. The van der Waals surface area contributed by atoms with Gasteiger partial charge in [-0.15, -0.1) is 0 Å². The molecule has 0 aliphatic heterocycles. The minimum absolute atomic E-state index is 0.959. The number of carboxylic acid groups (broad SMARTS) is 2. The van der Waals surface area contributed by atoms with E-state index in [0.717, 1.165) is 5.92 Å². The third-order valence-corrected chi connectivity index (χ3v) is 2.78. The molecule has 0 heterocycles. The molecule has 2 aliphatic rings. The van der Waals surface area contributed by atoms with Crippen LogP contribution in [-0.4, -0.2) is 16.4 Å². The highest BCUT2D eigenvalue weighted by atomic mass is 16.6. The van der Waals surface area contributed by atoms with Crippen LogP contribution in [-0.2, 0) is 0 Å². The molecule has 2 aliphatic carbocycles. The van der Waals surface area contributed by atoms with E-state index < -0.39 is 6.16 Å². The van der Waals surface area contributed by atoms with Crippen LogP contribution in [0.5, 0.6) is 0 Å². The maximum absolute atomic E-state index is 8.56. The molecule has 2 rings (SSSR count). The van der Waals surface area contributed by atoms with Gasteiger partial charge in [0, 0.05) is 0 Å². The molecule has 0 aromatic rings. The maximum Gasteiger partial charge on any atom is 0.503 e. The molecule has 1 atom stereocenters. The quantitative estimate of drug-likeness (QED) is 0.568. The van der Waals surface area contributed by atoms with Crippen LogP contribution >= 0.6 is 0 Å². The molecule has 0 bridgehead atoms. The van der Waals surface area contributed by atoms with E-state index in [-0.39, 0.29) is 0 Å². The zero-order valence-electron chi connectivity index (χ0n) is 7.92. The summed E-state index contributed by atoms with van der Waals surface area (Å²) in [6.07, 6.45) is 5.38. The molecule has 0 fully saturated rings. The smallest absolute Gasteiger partial charge is 0.450 e. The fraction of sp³-hybridized carbons (Fsp3) is 0.700. The van der Waals surface area contributed by atoms with Gasteiger partial charge in [-0.1, -0.05) is 18.1 Å². The first-order valence-electron chi connectivity index (χ1n) is 4.74. The lowest BCUT2D eigenvalue weighted by Crippen LogP contribution is -2.18. The molecule has 0 aromatic heterocycles. The summed E-state index contributed by atoms with van der Waals surface area (Å²) < 4.78 is 0. The van der Waals surface area contributed by atoms with Crippen molar-refractivity contribution in [3.63, 3.8) is 0 Å². The van der Waals surface area contributed by atoms with Crippen LogP contribution in [0.1, 0.15) is 39.0 Å². The molecule has 1 unspecified atom stereocenters. The van der Waals surface area contributed by atoms with Gasteiger partial charge < -0.3 is 10.2 Å². The molecule has 0 aromatic carbocycles. The lowest BCUT2D eigenvalue weighted by atomic mass is 9.71. The average Bonchev–Trinajstić information content (AvgIpc) is 2.02. The average molecular weight is 184 g/mol. The fourth-order valence-corrected chi connectivity index (χ4v) is 2.18. The Bertz CT molecular complexity index is 226. The minimum atomic E-state index is -1.83. The van der Waals surface area contributed by atoms with E-state index in [1.165, 1.54) is 32.1 Å². The highest BCUT2D eigenvalue weighted by Crippen LogP contribution is 2.43. The molecule has 13 heavy (non-hydrogen) atoms. The normalized spacial score (nSPS) is 25.2. The van der Waals surface area contributed by atoms with Crippen molar-refractivity contribution in [2.75, 3.05) is 0 Å². The van der Waals surface area contributed by atoms with Gasteiger partial charge in [0.15, 0.2) is 0 Å². The Morgan fingerprint density at radius 3 is 2.23 bits per heavy atom. The van der Waals surface area contributed by atoms with E-state index >= 15 is 0 Å². The molecule has 0 radical (unpaired) electrons. The summed E-state index contributed by atoms with van der Waals surface area (Å²) in [7, 11) is 0. The molecule has 3 heteroatoms. The van der Waals surface area contributed by atoms with Crippen molar-refractivity contribution in [1.82, 2.24) is 0 Å². The second-order valence-electron chi connectivity index (χ2n) is 3.72. The summed E-state index contributed by atoms with van der Waals surface area (Å²) in [6, 6.07) is 0. The van der Waals surface area contributed by atoms with Crippen LogP contribution < -0.4 is 0 Å². The van der Waals surface area contributed by atoms with E-state index in [1.54, 1.807) is 0 Å². The van der Waals surface area contributed by atoms with Crippen LogP contribution in [0, 0.1) is 5.92 Å². The first-order chi connectivity index (χ1) is 6.11. The molecular formula is C10H16O3. The minimum Gasteiger partial charge on any atom is -0.450 e. The van der Waals surface area contributed by atoms with Gasteiger partial charge in [-0.2, -0.15) is 0 Å². The third-order valence-electron chi connectivity index (χ3n) is 2.78. The standard InChI is InChI=1S/C9H14.CH2O3/c1-7-6-8-4-2-3-5-9(7)8;2-1(3)4/h7H,2-6H2,1H3;(H2,2,3,4). The third kappa shape index (κ3) is 2.76. The number of rotatable bonds is 0. The fourth-order valence-electron chi connectivity index (χ4n) is 2.18. The van der Waals surface area contributed by atoms with Crippen LogP contribution in [0.15, 0.2) is 11.1 Å². The van der Waals surface area contributed by atoms with Crippen LogP contribution in [0.25, 0.3) is 0 Å². The van der Waals surface area contributed by atoms with Gasteiger partial charge in [-0.25, -0.2) is 4.79 Å². The summed E-state index contributed by atoms with van der Waals surface area (Å²) in [5.41, 5.74) is 3.63. The summed E-state index contributed by atoms with van der Waals surface area (Å²) in [4.78, 5) is 8.56. The van der Waals surface area contributed by atoms with Gasteiger partial charge >= 0.3 is 6.16 Å². The SMILES string of the molecule is CC1CC2=C1CCCC2.O=C(O)O. The molecule has 3 nitrogen and oxygen atoms in total. The molecule has 0 saturated carbocycles. The zero-order valence-corrected chi connectivity index (χ0v) is 7.92. The van der Waals surface area contributed by atoms with E-state index in [2.05, 4.69) is 6.92 Å². The van der Waals surface area contributed by atoms with Gasteiger partial charge in [-0.3, -0.25) is 0 Å². The molecule has 0 spiro atoms. The lowest BCUT2D eigenvalue weighted by molar-refractivity contribution is 0.137. The van der Waals surface area contributed by atoms with Crippen molar-refractivity contribution in [2.24, 2.45) is 5.92 Å². The van der Waals surface area contributed by atoms with Crippen molar-refractivity contribution in [2.45, 2.75) is 39.0 Å². The Labute approximate surface area is 78.1 Å². The summed E-state index contributed by atoms with van der Waals surface area (Å²) in [6.45, 7) is 2.37. The largest absolute Gasteiger partial charge is 0.503 e. The van der Waals surface area contributed by atoms with Gasteiger partial charge in [0.25, 0.3) is 0 Å². The van der Waals surface area contributed by atoms with Crippen LogP contribution in [0.3, 0.4) is 0 Å². The topological polar surface area (TPSA) is 57.5 Å². The van der Waals surface area contributed by atoms with Crippen LogP contribution in [0.2, 0.25) is 0 Å². The Kier molecular flexibility index (Phi) is 3.34. The highest BCUT2D eigenvalue weighted by molar-refractivity contribution is 5.53. The number of hydrogen-bond donors (Lipinski definition) is 2. The lowest BCUT2D eigenvalue weighted by Gasteiger charge is -2.34. The number of allylic oxidation sites excluding steroid dienone is 2. The van der Waals surface area contributed by atoms with Crippen LogP contribution in [0.4, 0.5) is 4.79 Å². The number of hydrogen-bond acceptors (Lipinski definition) is 1. The van der Waals surface area contributed by atoms with Gasteiger partial charge in [0.05, 0.1) is 0 Å². The van der Waals surface area contributed by atoms with Gasteiger partial charge in [0.2, 0.25) is 0 Å². The zero-order chi connectivity index (χ0) is 9.84. The van der Waals surface area contributed by atoms with E-state index in [1.807, 2.05) is 11.1 Å². The first kappa shape index (κ1) is 10.1. The van der Waals surface area contributed by atoms with Gasteiger partial charge in [0.1, 0.15) is 0 Å². The monoisotopic (exact) mass is 184 g/mol. The van der Waals surface area contributed by atoms with E-state index in [0.29, 0.717) is 0 Å². The van der Waals surface area contributed by atoms with Crippen molar-refractivity contribution in [3.05, 3.63) is 11.1 Å². The van der Waals surface area contributed by atoms with E-state index in [4.69, 9.17) is 15.0 Å². The Morgan fingerprint density at radius 2 is 1.85 bits per heavy atom. The predicted molar refractivity (Wildman–Crippen MR) is 49.9 cm³/mol. The van der Waals surface area contributed by atoms with Gasteiger partial charge in [-0.05, 0) is 38.0 Å².